The van der Waals surface area contributed by atoms with Gasteiger partial charge in [0.2, 0.25) is 0 Å². The van der Waals surface area contributed by atoms with E-state index in [1.54, 1.807) is 0 Å². The van der Waals surface area contributed by atoms with Crippen molar-refractivity contribution in [1.82, 2.24) is 0 Å². The third-order valence-corrected chi connectivity index (χ3v) is 6.65. The minimum atomic E-state index is -1.81. The van der Waals surface area contributed by atoms with Gasteiger partial charge in [-0.3, -0.25) is 0 Å². The van der Waals surface area contributed by atoms with Gasteiger partial charge in [-0.05, 0) is 128 Å². The Labute approximate surface area is 205 Å². The highest BCUT2D eigenvalue weighted by Crippen LogP contribution is 2.47. The zero-order valence-corrected chi connectivity index (χ0v) is 21.9. The van der Waals surface area contributed by atoms with Crippen LogP contribution in [-0.4, -0.2) is 0 Å². The van der Waals surface area contributed by atoms with Crippen LogP contribution >= 0.6 is 8.60 Å². The van der Waals surface area contributed by atoms with Crippen molar-refractivity contribution in [2.24, 2.45) is 0 Å². The lowest BCUT2D eigenvalue weighted by Gasteiger charge is -2.23. The van der Waals surface area contributed by atoms with E-state index in [-0.39, 0.29) is 0 Å². The fourth-order valence-corrected chi connectivity index (χ4v) is 5.44. The molecule has 0 bridgehead atoms. The van der Waals surface area contributed by atoms with E-state index in [9.17, 15) is 0 Å². The molecule has 0 unspecified atom stereocenters. The minimum absolute atomic E-state index is 0.757. The molecule has 0 aliphatic carbocycles. The van der Waals surface area contributed by atoms with Gasteiger partial charge in [0.05, 0.1) is 0 Å². The Morgan fingerprint density at radius 2 is 0.676 bits per heavy atom. The van der Waals surface area contributed by atoms with Crippen molar-refractivity contribution in [2.75, 3.05) is 0 Å². The van der Waals surface area contributed by atoms with Gasteiger partial charge in [0.1, 0.15) is 17.2 Å². The smallest absolute Gasteiger partial charge is 0.408 e. The Morgan fingerprint density at radius 1 is 0.471 bits per heavy atom. The summed E-state index contributed by atoms with van der Waals surface area (Å²) in [5.41, 5.74) is 9.15. The van der Waals surface area contributed by atoms with Crippen LogP contribution in [0.15, 0.2) is 56.1 Å². The van der Waals surface area contributed by atoms with Crippen LogP contribution in [-0.2, 0) is 0 Å². The molecule has 0 radical (unpaired) electrons. The van der Waals surface area contributed by atoms with E-state index in [4.69, 9.17) is 13.6 Å². The van der Waals surface area contributed by atoms with Gasteiger partial charge >= 0.3 is 8.60 Å². The fraction of sp³-hybridized carbons (Fsp3) is 0.200. The van der Waals surface area contributed by atoms with Crippen molar-refractivity contribution in [3.05, 3.63) is 106 Å². The van der Waals surface area contributed by atoms with Crippen LogP contribution in [0.1, 0.15) is 50.1 Å². The second-order valence-electron chi connectivity index (χ2n) is 8.56. The molecule has 0 fully saturated rings. The van der Waals surface area contributed by atoms with Crippen LogP contribution in [0.25, 0.3) is 18.2 Å². The van der Waals surface area contributed by atoms with E-state index < -0.39 is 8.60 Å². The maximum Gasteiger partial charge on any atom is 0.530 e. The van der Waals surface area contributed by atoms with Crippen LogP contribution in [0.5, 0.6) is 17.2 Å². The molecular formula is C30H33O3P. The maximum absolute atomic E-state index is 6.46. The SMILES string of the molecule is C=Cc1cc(C)c(OP(Oc2c(C)cc(C=C)cc2C)Oc2c(C)cc(C=C)cc2C)c(C)c1. The molecule has 0 saturated carbocycles. The summed E-state index contributed by atoms with van der Waals surface area (Å²) >= 11 is 0. The number of hydrogen-bond donors (Lipinski definition) is 0. The lowest BCUT2D eigenvalue weighted by molar-refractivity contribution is 0.381. The van der Waals surface area contributed by atoms with Crippen LogP contribution in [0.2, 0.25) is 0 Å². The summed E-state index contributed by atoms with van der Waals surface area (Å²) in [6.45, 7) is 23.8. The molecule has 4 heteroatoms. The number of aryl methyl sites for hydroxylation is 6. The topological polar surface area (TPSA) is 27.7 Å². The zero-order valence-electron chi connectivity index (χ0n) is 21.0. The van der Waals surface area contributed by atoms with Gasteiger partial charge in [0.25, 0.3) is 0 Å². The van der Waals surface area contributed by atoms with Crippen molar-refractivity contribution in [2.45, 2.75) is 41.5 Å². The van der Waals surface area contributed by atoms with Crippen LogP contribution in [0, 0.1) is 41.5 Å². The maximum atomic E-state index is 6.46. The quantitative estimate of drug-likeness (QED) is 0.291. The molecule has 3 aromatic carbocycles. The van der Waals surface area contributed by atoms with Crippen molar-refractivity contribution in [1.29, 1.82) is 0 Å². The summed E-state index contributed by atoms with van der Waals surface area (Å²) in [4.78, 5) is 0. The minimum Gasteiger partial charge on any atom is -0.408 e. The first-order valence-corrected chi connectivity index (χ1v) is 12.3. The summed E-state index contributed by atoms with van der Waals surface area (Å²) < 4.78 is 19.4. The number of hydrogen-bond acceptors (Lipinski definition) is 3. The molecule has 0 saturated heterocycles. The molecular weight excluding hydrogens is 439 g/mol. The summed E-state index contributed by atoms with van der Waals surface area (Å²) in [6, 6.07) is 12.3. The summed E-state index contributed by atoms with van der Waals surface area (Å²) in [6.07, 6.45) is 5.50. The fourth-order valence-electron chi connectivity index (χ4n) is 4.02. The Kier molecular flexibility index (Phi) is 8.02. The third-order valence-electron chi connectivity index (χ3n) is 5.65. The van der Waals surface area contributed by atoms with Crippen molar-refractivity contribution < 1.29 is 13.6 Å². The lowest BCUT2D eigenvalue weighted by atomic mass is 10.1. The predicted molar refractivity (Wildman–Crippen MR) is 147 cm³/mol. The monoisotopic (exact) mass is 472 g/mol. The normalized spacial score (nSPS) is 10.7. The van der Waals surface area contributed by atoms with E-state index in [2.05, 4.69) is 19.7 Å². The van der Waals surface area contributed by atoms with E-state index >= 15 is 0 Å². The number of rotatable bonds is 9. The van der Waals surface area contributed by atoms with E-state index in [0.717, 1.165) is 67.3 Å². The molecule has 3 aromatic rings. The summed E-state index contributed by atoms with van der Waals surface area (Å²) in [7, 11) is -1.81. The predicted octanol–water partition coefficient (Wildman–Crippen LogP) is 9.23. The molecule has 0 N–H and O–H groups in total. The van der Waals surface area contributed by atoms with E-state index in [0.29, 0.717) is 0 Å². The molecule has 3 rings (SSSR count). The standard InChI is InChI=1S/C30H33O3P/c1-10-25-13-19(4)28(20(5)14-25)31-34(32-29-21(6)15-26(11-2)16-22(29)7)33-30-23(8)17-27(12-3)18-24(30)9/h10-18H,1-3H2,4-9H3. The van der Waals surface area contributed by atoms with E-state index in [1.165, 1.54) is 0 Å². The van der Waals surface area contributed by atoms with Gasteiger partial charge in [-0.15, -0.1) is 0 Å². The van der Waals surface area contributed by atoms with Gasteiger partial charge in [0, 0.05) is 0 Å². The molecule has 176 valence electrons. The largest absolute Gasteiger partial charge is 0.530 e. The van der Waals surface area contributed by atoms with Gasteiger partial charge in [0.15, 0.2) is 0 Å². The van der Waals surface area contributed by atoms with Crippen LogP contribution in [0.4, 0.5) is 0 Å². The molecule has 0 aromatic heterocycles. The first-order chi connectivity index (χ1) is 16.2. The first kappa shape index (κ1) is 25.3. The Balaban J connectivity index is 2.05. The third kappa shape index (κ3) is 5.61. The van der Waals surface area contributed by atoms with Crippen molar-refractivity contribution >= 4 is 26.8 Å². The van der Waals surface area contributed by atoms with Gasteiger partial charge in [-0.2, -0.15) is 0 Å². The molecule has 0 amide bonds. The summed E-state index contributed by atoms with van der Waals surface area (Å²) in [5.74, 6) is 2.27. The van der Waals surface area contributed by atoms with E-state index in [1.807, 2.05) is 96.2 Å². The second-order valence-corrected chi connectivity index (χ2v) is 9.56. The second kappa shape index (κ2) is 10.8. The molecule has 34 heavy (non-hydrogen) atoms. The van der Waals surface area contributed by atoms with Gasteiger partial charge < -0.3 is 13.6 Å². The Bertz CT molecular complexity index is 1030. The average molecular weight is 473 g/mol. The summed E-state index contributed by atoms with van der Waals surface area (Å²) in [5, 5.41) is 0. The average Bonchev–Trinajstić information content (AvgIpc) is 2.79. The molecule has 0 aliphatic heterocycles. The van der Waals surface area contributed by atoms with Crippen molar-refractivity contribution in [3.8, 4) is 17.2 Å². The molecule has 0 aliphatic rings. The first-order valence-electron chi connectivity index (χ1n) is 11.2. The molecule has 3 nitrogen and oxygen atoms in total. The highest BCUT2D eigenvalue weighted by atomic mass is 31.2. The molecule has 0 heterocycles. The highest BCUT2D eigenvalue weighted by Gasteiger charge is 2.25. The van der Waals surface area contributed by atoms with Crippen LogP contribution < -0.4 is 13.6 Å². The zero-order chi connectivity index (χ0) is 25.0. The van der Waals surface area contributed by atoms with Gasteiger partial charge in [-0.25, -0.2) is 0 Å². The van der Waals surface area contributed by atoms with Crippen LogP contribution in [0.3, 0.4) is 0 Å². The highest BCUT2D eigenvalue weighted by molar-refractivity contribution is 7.43. The Morgan fingerprint density at radius 3 is 0.853 bits per heavy atom. The lowest BCUT2D eigenvalue weighted by Crippen LogP contribution is -2.07. The Hall–Kier alpha value is -3.29. The molecule has 0 atom stereocenters. The van der Waals surface area contributed by atoms with Crippen molar-refractivity contribution in [3.63, 3.8) is 0 Å². The van der Waals surface area contributed by atoms with Gasteiger partial charge in [-0.1, -0.05) is 38.0 Å². The molecule has 0 spiro atoms. The number of benzene rings is 3.